The van der Waals surface area contributed by atoms with Gasteiger partial charge in [0, 0.05) is 0 Å². The van der Waals surface area contributed by atoms with Crippen LogP contribution >= 0.6 is 0 Å². The molecule has 0 N–H and O–H groups in total. The Morgan fingerprint density at radius 3 is 2.67 bits per heavy atom. The molecule has 0 aromatic heterocycles. The summed E-state index contributed by atoms with van der Waals surface area (Å²) in [5.74, 6) is 0.358. The lowest BCUT2D eigenvalue weighted by molar-refractivity contribution is 0.491. The smallest absolute Gasteiger partial charge is 0.306 e. The first kappa shape index (κ1) is 9.06. The van der Waals surface area contributed by atoms with Gasteiger partial charge < -0.3 is 4.18 Å². The van der Waals surface area contributed by atoms with Crippen LogP contribution in [0.5, 0.6) is 5.75 Å². The van der Waals surface area contributed by atoms with E-state index in [2.05, 4.69) is 10.2 Å². The lowest BCUT2D eigenvalue weighted by atomic mass is 10.2. The van der Waals surface area contributed by atoms with Crippen LogP contribution in [0.2, 0.25) is 0 Å². The van der Waals surface area contributed by atoms with Crippen molar-refractivity contribution in [2.45, 2.75) is 6.92 Å². The molecule has 0 aliphatic carbocycles. The predicted octanol–water partition coefficient (Wildman–Crippen LogP) is 1.13. The molecule has 0 atom stereocenters. The molecular formula is C8H9O3S. The summed E-state index contributed by atoms with van der Waals surface area (Å²) < 4.78 is 26.1. The monoisotopic (exact) mass is 185 g/mol. The molecule has 3 nitrogen and oxygen atoms in total. The molecule has 1 aromatic rings. The van der Waals surface area contributed by atoms with Crippen LogP contribution in [0.3, 0.4) is 0 Å². The molecule has 1 rings (SSSR count). The summed E-state index contributed by atoms with van der Waals surface area (Å²) >= 11 is 0. The van der Waals surface area contributed by atoms with Gasteiger partial charge in [-0.1, -0.05) is 6.07 Å². The standard InChI is InChI=1S/C8H9O3S/c1-7-5-3-4-6-8(7)11-12(2,9)10/h4-6H,1-2H3. The molecule has 0 fully saturated rings. The third kappa shape index (κ3) is 2.54. The van der Waals surface area contributed by atoms with Crippen molar-refractivity contribution in [1.82, 2.24) is 0 Å². The van der Waals surface area contributed by atoms with E-state index in [0.717, 1.165) is 11.8 Å². The lowest BCUT2D eigenvalue weighted by Gasteiger charge is -2.04. The third-order valence-electron chi connectivity index (χ3n) is 1.26. The first-order chi connectivity index (χ1) is 5.49. The Morgan fingerprint density at radius 1 is 1.50 bits per heavy atom. The van der Waals surface area contributed by atoms with Crippen LogP contribution in [-0.4, -0.2) is 14.7 Å². The minimum atomic E-state index is -3.41. The SMILES string of the molecule is Cc1c[c]ccc1OS(C)(=O)=O. The van der Waals surface area contributed by atoms with Crippen LogP contribution in [0.25, 0.3) is 0 Å². The fourth-order valence-corrected chi connectivity index (χ4v) is 1.27. The van der Waals surface area contributed by atoms with Gasteiger partial charge in [-0.15, -0.1) is 0 Å². The summed E-state index contributed by atoms with van der Waals surface area (Å²) in [5.41, 5.74) is 0.753. The number of hydrogen-bond acceptors (Lipinski definition) is 3. The van der Waals surface area contributed by atoms with Crippen molar-refractivity contribution < 1.29 is 12.6 Å². The highest BCUT2D eigenvalue weighted by Crippen LogP contribution is 2.17. The van der Waals surface area contributed by atoms with Gasteiger partial charge in [0.25, 0.3) is 0 Å². The third-order valence-corrected chi connectivity index (χ3v) is 1.74. The molecule has 0 aliphatic rings. The van der Waals surface area contributed by atoms with Crippen LogP contribution in [0.15, 0.2) is 18.2 Å². The Morgan fingerprint density at radius 2 is 2.17 bits per heavy atom. The first-order valence-corrected chi connectivity index (χ1v) is 5.17. The Balaban J connectivity index is 2.98. The summed E-state index contributed by atoms with van der Waals surface area (Å²) in [7, 11) is -3.41. The van der Waals surface area contributed by atoms with E-state index in [0.29, 0.717) is 5.75 Å². The first-order valence-electron chi connectivity index (χ1n) is 3.35. The van der Waals surface area contributed by atoms with Gasteiger partial charge in [-0.2, -0.15) is 8.42 Å². The van der Waals surface area contributed by atoms with E-state index >= 15 is 0 Å². The molecule has 0 spiro atoms. The molecule has 65 valence electrons. The molecule has 0 heterocycles. The summed E-state index contributed by atoms with van der Waals surface area (Å²) in [6, 6.07) is 7.65. The van der Waals surface area contributed by atoms with Gasteiger partial charge >= 0.3 is 10.1 Å². The van der Waals surface area contributed by atoms with Crippen molar-refractivity contribution >= 4 is 10.1 Å². The van der Waals surface area contributed by atoms with Crippen molar-refractivity contribution in [3.05, 3.63) is 29.8 Å². The van der Waals surface area contributed by atoms with Crippen molar-refractivity contribution in [3.8, 4) is 5.75 Å². The van der Waals surface area contributed by atoms with E-state index in [4.69, 9.17) is 0 Å². The van der Waals surface area contributed by atoms with Crippen molar-refractivity contribution in [1.29, 1.82) is 0 Å². The Kier molecular flexibility index (Phi) is 2.38. The van der Waals surface area contributed by atoms with Crippen molar-refractivity contribution in [3.63, 3.8) is 0 Å². The van der Waals surface area contributed by atoms with E-state index in [1.54, 1.807) is 25.1 Å². The number of aryl methyl sites for hydroxylation is 1. The zero-order chi connectivity index (χ0) is 9.19. The highest BCUT2D eigenvalue weighted by Gasteiger charge is 2.05. The lowest BCUT2D eigenvalue weighted by Crippen LogP contribution is -2.06. The number of hydrogen-bond donors (Lipinski definition) is 0. The topological polar surface area (TPSA) is 43.4 Å². The Labute approximate surface area is 72.1 Å². The van der Waals surface area contributed by atoms with Crippen LogP contribution < -0.4 is 4.18 Å². The van der Waals surface area contributed by atoms with E-state index < -0.39 is 10.1 Å². The fourth-order valence-electron chi connectivity index (χ4n) is 0.756. The highest BCUT2D eigenvalue weighted by molar-refractivity contribution is 7.86. The second-order valence-electron chi connectivity index (χ2n) is 2.48. The van der Waals surface area contributed by atoms with Gasteiger partial charge in [-0.25, -0.2) is 0 Å². The maximum Gasteiger partial charge on any atom is 0.306 e. The van der Waals surface area contributed by atoms with Gasteiger partial charge in [0.2, 0.25) is 0 Å². The Hall–Kier alpha value is -1.03. The number of rotatable bonds is 2. The fraction of sp³-hybridized carbons (Fsp3) is 0.250. The predicted molar refractivity (Wildman–Crippen MR) is 45.5 cm³/mol. The average Bonchev–Trinajstić information content (AvgIpc) is 1.91. The van der Waals surface area contributed by atoms with Gasteiger partial charge in [0.05, 0.1) is 6.26 Å². The van der Waals surface area contributed by atoms with Gasteiger partial charge in [-0.3, -0.25) is 0 Å². The second kappa shape index (κ2) is 3.15. The minimum Gasteiger partial charge on any atom is -0.382 e. The molecule has 0 aliphatic heterocycles. The largest absolute Gasteiger partial charge is 0.382 e. The molecule has 0 saturated carbocycles. The minimum absolute atomic E-state index is 0.358. The molecule has 1 radical (unpaired) electrons. The molecule has 12 heavy (non-hydrogen) atoms. The van der Waals surface area contributed by atoms with Crippen LogP contribution in [-0.2, 0) is 10.1 Å². The van der Waals surface area contributed by atoms with Crippen LogP contribution in [0, 0.1) is 13.0 Å². The summed E-state index contributed by atoms with van der Waals surface area (Å²) in [5, 5.41) is 0. The quantitative estimate of drug-likeness (QED) is 0.649. The van der Waals surface area contributed by atoms with Gasteiger partial charge in [0.1, 0.15) is 5.75 Å². The average molecular weight is 185 g/mol. The van der Waals surface area contributed by atoms with E-state index in [-0.39, 0.29) is 0 Å². The zero-order valence-electron chi connectivity index (χ0n) is 6.87. The molecule has 0 unspecified atom stereocenters. The van der Waals surface area contributed by atoms with Gasteiger partial charge in [-0.05, 0) is 30.7 Å². The van der Waals surface area contributed by atoms with Crippen LogP contribution in [0.1, 0.15) is 5.56 Å². The highest BCUT2D eigenvalue weighted by atomic mass is 32.2. The molecule has 4 heteroatoms. The summed E-state index contributed by atoms with van der Waals surface area (Å²) in [6.07, 6.45) is 1.02. The van der Waals surface area contributed by atoms with E-state index in [1.165, 1.54) is 0 Å². The summed E-state index contributed by atoms with van der Waals surface area (Å²) in [6.45, 7) is 1.76. The zero-order valence-corrected chi connectivity index (χ0v) is 7.68. The van der Waals surface area contributed by atoms with Gasteiger partial charge in [0.15, 0.2) is 0 Å². The summed E-state index contributed by atoms with van der Waals surface area (Å²) in [4.78, 5) is 0. The second-order valence-corrected chi connectivity index (χ2v) is 4.05. The maximum atomic E-state index is 10.7. The number of benzene rings is 1. The molecular weight excluding hydrogens is 176 g/mol. The van der Waals surface area contributed by atoms with Crippen molar-refractivity contribution in [2.75, 3.05) is 6.26 Å². The Bertz CT molecular complexity index is 368. The molecule has 0 amide bonds. The molecule has 1 aromatic carbocycles. The maximum absolute atomic E-state index is 10.7. The normalized spacial score (nSPS) is 11.2. The van der Waals surface area contributed by atoms with E-state index in [1.807, 2.05) is 0 Å². The van der Waals surface area contributed by atoms with Crippen molar-refractivity contribution in [2.24, 2.45) is 0 Å². The van der Waals surface area contributed by atoms with E-state index in [9.17, 15) is 8.42 Å². The molecule has 0 saturated heterocycles. The van der Waals surface area contributed by atoms with Crippen LogP contribution in [0.4, 0.5) is 0 Å². The molecule has 0 bridgehead atoms.